The summed E-state index contributed by atoms with van der Waals surface area (Å²) in [6, 6.07) is 5.63. The van der Waals surface area contributed by atoms with E-state index < -0.39 is 11.5 Å². The fourth-order valence-electron chi connectivity index (χ4n) is 2.57. The SMILES string of the molecule is CC(C)(C(=O)O)n1cc(NC(=O)c2ccc3c(c2)CCC=C3)cn1. The molecule has 0 bridgehead atoms. The maximum absolute atomic E-state index is 12.4. The topological polar surface area (TPSA) is 84.2 Å². The lowest BCUT2D eigenvalue weighted by Crippen LogP contribution is -2.35. The number of hydrogen-bond donors (Lipinski definition) is 2. The predicted octanol–water partition coefficient (Wildman–Crippen LogP) is 2.91. The van der Waals surface area contributed by atoms with Crippen LogP contribution in [0, 0.1) is 0 Å². The number of fused-ring (bicyclic) bond motifs is 1. The third kappa shape index (κ3) is 2.95. The van der Waals surface area contributed by atoms with Gasteiger partial charge in [-0.1, -0.05) is 18.2 Å². The van der Waals surface area contributed by atoms with E-state index in [2.05, 4.69) is 22.6 Å². The standard InChI is InChI=1S/C18H19N3O3/c1-18(2,17(23)24)21-11-15(10-19-21)20-16(22)14-8-7-12-5-3-4-6-13(12)9-14/h3,5,7-11H,4,6H2,1-2H3,(H,20,22)(H,23,24). The minimum atomic E-state index is -1.18. The van der Waals surface area contributed by atoms with Crippen molar-refractivity contribution in [3.63, 3.8) is 0 Å². The molecule has 1 aliphatic carbocycles. The van der Waals surface area contributed by atoms with Crippen LogP contribution in [-0.4, -0.2) is 26.8 Å². The summed E-state index contributed by atoms with van der Waals surface area (Å²) in [5.41, 5.74) is 2.17. The van der Waals surface area contributed by atoms with Gasteiger partial charge in [-0.25, -0.2) is 4.79 Å². The highest BCUT2D eigenvalue weighted by Crippen LogP contribution is 2.22. The number of carbonyl (C=O) groups is 2. The molecule has 0 aliphatic heterocycles. The molecular formula is C18H19N3O3. The molecule has 1 aromatic heterocycles. The van der Waals surface area contributed by atoms with Crippen molar-refractivity contribution in [3.8, 4) is 0 Å². The van der Waals surface area contributed by atoms with E-state index in [1.165, 1.54) is 17.1 Å². The lowest BCUT2D eigenvalue weighted by atomic mass is 9.95. The molecule has 6 heteroatoms. The van der Waals surface area contributed by atoms with Crippen LogP contribution in [0.1, 0.15) is 41.8 Å². The van der Waals surface area contributed by atoms with Gasteiger partial charge in [0.15, 0.2) is 5.54 Å². The molecule has 3 rings (SSSR count). The highest BCUT2D eigenvalue weighted by atomic mass is 16.4. The number of anilines is 1. The van der Waals surface area contributed by atoms with Crippen molar-refractivity contribution in [3.05, 3.63) is 53.4 Å². The number of rotatable bonds is 4. The van der Waals surface area contributed by atoms with Gasteiger partial charge >= 0.3 is 5.97 Å². The summed E-state index contributed by atoms with van der Waals surface area (Å²) in [5.74, 6) is -1.23. The average Bonchev–Trinajstić information content (AvgIpc) is 3.03. The Morgan fingerprint density at radius 1 is 1.33 bits per heavy atom. The third-order valence-electron chi connectivity index (χ3n) is 4.22. The van der Waals surface area contributed by atoms with Gasteiger partial charge in [0.25, 0.3) is 5.91 Å². The Morgan fingerprint density at radius 2 is 2.12 bits per heavy atom. The second-order valence-corrected chi connectivity index (χ2v) is 6.35. The van der Waals surface area contributed by atoms with Crippen molar-refractivity contribution < 1.29 is 14.7 Å². The fourth-order valence-corrected chi connectivity index (χ4v) is 2.57. The molecule has 0 radical (unpaired) electrons. The first-order chi connectivity index (χ1) is 11.4. The van der Waals surface area contributed by atoms with Gasteiger partial charge in [-0.2, -0.15) is 5.10 Å². The maximum atomic E-state index is 12.4. The van der Waals surface area contributed by atoms with E-state index >= 15 is 0 Å². The lowest BCUT2D eigenvalue weighted by Gasteiger charge is -2.19. The van der Waals surface area contributed by atoms with Gasteiger partial charge in [0.1, 0.15) is 0 Å². The van der Waals surface area contributed by atoms with E-state index in [1.807, 2.05) is 12.1 Å². The zero-order valence-corrected chi connectivity index (χ0v) is 13.6. The number of allylic oxidation sites excluding steroid dienone is 1. The third-order valence-corrected chi connectivity index (χ3v) is 4.22. The lowest BCUT2D eigenvalue weighted by molar-refractivity contribution is -0.146. The van der Waals surface area contributed by atoms with Gasteiger partial charge in [-0.3, -0.25) is 9.48 Å². The van der Waals surface area contributed by atoms with Crippen LogP contribution < -0.4 is 5.32 Å². The van der Waals surface area contributed by atoms with Gasteiger partial charge in [-0.05, 0) is 49.9 Å². The summed E-state index contributed by atoms with van der Waals surface area (Å²) in [6.45, 7) is 3.09. The Balaban J connectivity index is 1.77. The van der Waals surface area contributed by atoms with Crippen molar-refractivity contribution in [2.75, 3.05) is 5.32 Å². The molecule has 0 spiro atoms. The second-order valence-electron chi connectivity index (χ2n) is 6.35. The molecule has 1 aromatic carbocycles. The van der Waals surface area contributed by atoms with E-state index in [9.17, 15) is 14.7 Å². The molecule has 0 saturated carbocycles. The Labute approximate surface area is 139 Å². The number of nitrogens with one attached hydrogen (secondary N) is 1. The molecule has 1 aliphatic rings. The van der Waals surface area contributed by atoms with Crippen LogP contribution >= 0.6 is 0 Å². The molecule has 0 unspecified atom stereocenters. The minimum Gasteiger partial charge on any atom is -0.479 e. The fraction of sp³-hybridized carbons (Fsp3) is 0.278. The van der Waals surface area contributed by atoms with Crippen LogP contribution in [0.25, 0.3) is 6.08 Å². The smallest absolute Gasteiger partial charge is 0.331 e. The number of aromatic nitrogens is 2. The molecule has 0 saturated heterocycles. The first kappa shape index (κ1) is 16.0. The van der Waals surface area contributed by atoms with Crippen molar-refractivity contribution in [1.82, 2.24) is 9.78 Å². The van der Waals surface area contributed by atoms with Crippen molar-refractivity contribution in [2.45, 2.75) is 32.2 Å². The summed E-state index contributed by atoms with van der Waals surface area (Å²) in [5, 5.41) is 16.0. The summed E-state index contributed by atoms with van der Waals surface area (Å²) in [6.07, 6.45) is 9.07. The minimum absolute atomic E-state index is 0.236. The van der Waals surface area contributed by atoms with Crippen LogP contribution in [-0.2, 0) is 16.8 Å². The predicted molar refractivity (Wildman–Crippen MR) is 90.9 cm³/mol. The van der Waals surface area contributed by atoms with E-state index in [0.29, 0.717) is 11.3 Å². The molecule has 2 N–H and O–H groups in total. The van der Waals surface area contributed by atoms with Crippen LogP contribution in [0.3, 0.4) is 0 Å². The first-order valence-electron chi connectivity index (χ1n) is 7.77. The zero-order valence-electron chi connectivity index (χ0n) is 13.6. The molecule has 2 aromatic rings. The largest absolute Gasteiger partial charge is 0.479 e. The summed E-state index contributed by atoms with van der Waals surface area (Å²) >= 11 is 0. The molecule has 24 heavy (non-hydrogen) atoms. The number of benzene rings is 1. The molecular weight excluding hydrogens is 306 g/mol. The molecule has 124 valence electrons. The quantitative estimate of drug-likeness (QED) is 0.905. The van der Waals surface area contributed by atoms with E-state index in [-0.39, 0.29) is 5.91 Å². The Bertz CT molecular complexity index is 834. The number of aliphatic carboxylic acids is 1. The highest BCUT2D eigenvalue weighted by molar-refractivity contribution is 6.04. The number of amides is 1. The van der Waals surface area contributed by atoms with E-state index in [0.717, 1.165) is 24.0 Å². The zero-order chi connectivity index (χ0) is 17.3. The van der Waals surface area contributed by atoms with Gasteiger partial charge in [-0.15, -0.1) is 0 Å². The number of carbonyl (C=O) groups excluding carboxylic acids is 1. The Kier molecular flexibility index (Phi) is 3.97. The highest BCUT2D eigenvalue weighted by Gasteiger charge is 2.30. The molecule has 1 amide bonds. The van der Waals surface area contributed by atoms with E-state index in [1.54, 1.807) is 19.9 Å². The Hall–Kier alpha value is -2.89. The molecule has 6 nitrogen and oxygen atoms in total. The normalized spacial score (nSPS) is 13.4. The van der Waals surface area contributed by atoms with Gasteiger partial charge < -0.3 is 10.4 Å². The van der Waals surface area contributed by atoms with Crippen LogP contribution in [0.5, 0.6) is 0 Å². The first-order valence-corrected chi connectivity index (χ1v) is 7.77. The monoisotopic (exact) mass is 325 g/mol. The van der Waals surface area contributed by atoms with Crippen LogP contribution in [0.4, 0.5) is 5.69 Å². The van der Waals surface area contributed by atoms with Crippen LogP contribution in [0.2, 0.25) is 0 Å². The van der Waals surface area contributed by atoms with Crippen molar-refractivity contribution >= 4 is 23.6 Å². The Morgan fingerprint density at radius 3 is 2.88 bits per heavy atom. The van der Waals surface area contributed by atoms with Gasteiger partial charge in [0.05, 0.1) is 11.9 Å². The molecule has 0 atom stereocenters. The summed E-state index contributed by atoms with van der Waals surface area (Å²) in [4.78, 5) is 23.7. The van der Waals surface area contributed by atoms with Crippen LogP contribution in [0.15, 0.2) is 36.7 Å². The maximum Gasteiger partial charge on any atom is 0.331 e. The second kappa shape index (κ2) is 5.96. The number of nitrogens with zero attached hydrogens (tertiary/aromatic N) is 2. The average molecular weight is 325 g/mol. The van der Waals surface area contributed by atoms with Gasteiger partial charge in [0, 0.05) is 11.8 Å². The van der Waals surface area contributed by atoms with Gasteiger partial charge in [0.2, 0.25) is 0 Å². The summed E-state index contributed by atoms with van der Waals surface area (Å²) in [7, 11) is 0. The number of aryl methyl sites for hydroxylation is 1. The van der Waals surface area contributed by atoms with Crippen molar-refractivity contribution in [1.29, 1.82) is 0 Å². The molecule has 0 fully saturated rings. The number of carboxylic acids is 1. The number of carboxylic acid groups (broad SMARTS) is 1. The molecule has 1 heterocycles. The van der Waals surface area contributed by atoms with Crippen molar-refractivity contribution in [2.24, 2.45) is 0 Å². The van der Waals surface area contributed by atoms with E-state index in [4.69, 9.17) is 0 Å². The number of hydrogen-bond acceptors (Lipinski definition) is 3. The summed E-state index contributed by atoms with van der Waals surface area (Å²) < 4.78 is 1.32.